The number of ether oxygens (including phenoxy) is 4. The first-order chi connectivity index (χ1) is 16.4. The number of nitrogens with one attached hydrogen (secondary N) is 2. The molecular formula is C20H34N2O13. The van der Waals surface area contributed by atoms with Crippen LogP contribution in [-0.4, -0.2) is 135 Å². The number of carbonyl (C=O) groups excluding carboxylic acids is 3. The zero-order valence-electron chi connectivity index (χ0n) is 19.5. The molecule has 2 fully saturated rings. The summed E-state index contributed by atoms with van der Waals surface area (Å²) < 4.78 is 22.3. The third-order valence-corrected chi connectivity index (χ3v) is 5.73. The summed E-state index contributed by atoms with van der Waals surface area (Å²) in [7, 11) is 0. The number of carbonyl (C=O) groups is 3. The summed E-state index contributed by atoms with van der Waals surface area (Å²) >= 11 is 0. The lowest BCUT2D eigenvalue weighted by molar-refractivity contribution is -0.343. The van der Waals surface area contributed by atoms with Crippen molar-refractivity contribution in [3.8, 4) is 0 Å². The zero-order chi connectivity index (χ0) is 26.4. The van der Waals surface area contributed by atoms with Gasteiger partial charge in [-0.25, -0.2) is 0 Å². The Morgan fingerprint density at radius 1 is 0.971 bits per heavy atom. The van der Waals surface area contributed by atoms with E-state index < -0.39 is 98.5 Å². The molecule has 2 rings (SSSR count). The molecule has 2 aliphatic heterocycles. The highest BCUT2D eigenvalue weighted by molar-refractivity contribution is 5.74. The van der Waals surface area contributed by atoms with Crippen LogP contribution in [0.5, 0.6) is 0 Å². The smallest absolute Gasteiger partial charge is 0.217 e. The third-order valence-electron chi connectivity index (χ3n) is 5.73. The standard InChI is InChI=1S/C20H34N2O13/c1-7-14(28)16(30)17(31)20(32-7)35-18-13(22-9(3)27)19(34-12(6-25)15(18)29)33-11(5-24)10(4-23)21-8(2)26/h5,7,10-20,23,25,28-31H,4,6H2,1-3H3,(H,21,26)(H,22,27)/t7-,10-,11-,12+,13+,14+,15+,16+,17-,18+,19+,20-/m0/s1. The lowest BCUT2D eigenvalue weighted by atomic mass is 9.95. The van der Waals surface area contributed by atoms with Crippen molar-refractivity contribution in [2.75, 3.05) is 13.2 Å². The van der Waals surface area contributed by atoms with E-state index in [1.165, 1.54) is 6.92 Å². The van der Waals surface area contributed by atoms with Crippen LogP contribution >= 0.6 is 0 Å². The monoisotopic (exact) mass is 510 g/mol. The predicted octanol–water partition coefficient (Wildman–Crippen LogP) is -5.14. The van der Waals surface area contributed by atoms with Gasteiger partial charge in [0.25, 0.3) is 0 Å². The molecule has 35 heavy (non-hydrogen) atoms. The van der Waals surface area contributed by atoms with Gasteiger partial charge in [0.1, 0.15) is 48.8 Å². The number of rotatable bonds is 10. The summed E-state index contributed by atoms with van der Waals surface area (Å²) in [4.78, 5) is 35.0. The van der Waals surface area contributed by atoms with E-state index in [-0.39, 0.29) is 6.29 Å². The number of hydrogen-bond donors (Lipinski definition) is 8. The number of aliphatic hydroxyl groups excluding tert-OH is 6. The van der Waals surface area contributed by atoms with E-state index in [0.717, 1.165) is 13.8 Å². The average molecular weight is 510 g/mol. The Morgan fingerprint density at radius 2 is 1.63 bits per heavy atom. The van der Waals surface area contributed by atoms with Gasteiger partial charge in [-0.2, -0.15) is 0 Å². The van der Waals surface area contributed by atoms with Crippen molar-refractivity contribution in [1.82, 2.24) is 10.6 Å². The van der Waals surface area contributed by atoms with Gasteiger partial charge in [0, 0.05) is 13.8 Å². The Labute approximate surface area is 200 Å². The van der Waals surface area contributed by atoms with E-state index in [1.807, 2.05) is 0 Å². The number of aldehydes is 1. The molecule has 0 aromatic carbocycles. The largest absolute Gasteiger partial charge is 0.394 e. The Bertz CT molecular complexity index is 727. The van der Waals surface area contributed by atoms with E-state index >= 15 is 0 Å². The van der Waals surface area contributed by atoms with E-state index in [9.17, 15) is 45.0 Å². The Hall–Kier alpha value is -1.79. The second kappa shape index (κ2) is 13.0. The Kier molecular flexibility index (Phi) is 10.9. The molecule has 0 saturated carbocycles. The van der Waals surface area contributed by atoms with Crippen molar-refractivity contribution < 1.29 is 64.0 Å². The second-order valence-electron chi connectivity index (χ2n) is 8.45. The number of aliphatic hydroxyl groups is 6. The van der Waals surface area contributed by atoms with Gasteiger partial charge in [0.05, 0.1) is 25.4 Å². The van der Waals surface area contributed by atoms with Gasteiger partial charge in [-0.3, -0.25) is 9.59 Å². The van der Waals surface area contributed by atoms with Gasteiger partial charge in [-0.05, 0) is 6.92 Å². The summed E-state index contributed by atoms with van der Waals surface area (Å²) in [5.41, 5.74) is 0. The molecule has 0 unspecified atom stereocenters. The van der Waals surface area contributed by atoms with Crippen LogP contribution < -0.4 is 10.6 Å². The van der Waals surface area contributed by atoms with Crippen LogP contribution in [0.25, 0.3) is 0 Å². The fourth-order valence-electron chi connectivity index (χ4n) is 3.88. The van der Waals surface area contributed by atoms with Crippen LogP contribution in [0.2, 0.25) is 0 Å². The first-order valence-electron chi connectivity index (χ1n) is 11.0. The van der Waals surface area contributed by atoms with Crippen LogP contribution in [-0.2, 0) is 33.3 Å². The quantitative estimate of drug-likeness (QED) is 0.129. The summed E-state index contributed by atoms with van der Waals surface area (Å²) in [6.07, 6.45) is -14.6. The molecule has 0 aromatic rings. The molecule has 0 spiro atoms. The summed E-state index contributed by atoms with van der Waals surface area (Å²) in [5.74, 6) is -1.20. The predicted molar refractivity (Wildman–Crippen MR) is 112 cm³/mol. The highest BCUT2D eigenvalue weighted by atomic mass is 16.7. The van der Waals surface area contributed by atoms with Crippen LogP contribution in [0.15, 0.2) is 0 Å². The van der Waals surface area contributed by atoms with Crippen molar-refractivity contribution >= 4 is 18.1 Å². The van der Waals surface area contributed by atoms with Gasteiger partial charge < -0.3 is 65.0 Å². The van der Waals surface area contributed by atoms with E-state index in [2.05, 4.69) is 10.6 Å². The molecule has 202 valence electrons. The molecule has 2 saturated heterocycles. The molecule has 0 aromatic heterocycles. The molecule has 8 N–H and O–H groups in total. The van der Waals surface area contributed by atoms with Gasteiger partial charge in [-0.1, -0.05) is 0 Å². The van der Waals surface area contributed by atoms with Crippen LogP contribution in [0, 0.1) is 0 Å². The molecule has 15 nitrogen and oxygen atoms in total. The van der Waals surface area contributed by atoms with Gasteiger partial charge >= 0.3 is 0 Å². The molecule has 2 heterocycles. The molecule has 0 aliphatic carbocycles. The minimum Gasteiger partial charge on any atom is -0.394 e. The topological polar surface area (TPSA) is 234 Å². The highest BCUT2D eigenvalue weighted by Gasteiger charge is 2.51. The third kappa shape index (κ3) is 7.13. The zero-order valence-corrected chi connectivity index (χ0v) is 19.5. The van der Waals surface area contributed by atoms with Crippen molar-refractivity contribution in [3.05, 3.63) is 0 Å². The normalized spacial score (nSPS) is 39.3. The van der Waals surface area contributed by atoms with Gasteiger partial charge in [-0.15, -0.1) is 0 Å². The van der Waals surface area contributed by atoms with Crippen LogP contribution in [0.1, 0.15) is 20.8 Å². The summed E-state index contributed by atoms with van der Waals surface area (Å²) in [6.45, 7) is 2.27. The summed E-state index contributed by atoms with van der Waals surface area (Å²) in [6, 6.07) is -2.55. The van der Waals surface area contributed by atoms with Crippen molar-refractivity contribution in [2.45, 2.75) is 94.3 Å². The minimum absolute atomic E-state index is 0.285. The maximum Gasteiger partial charge on any atom is 0.217 e. The fourth-order valence-corrected chi connectivity index (χ4v) is 3.88. The van der Waals surface area contributed by atoms with Crippen LogP contribution in [0.3, 0.4) is 0 Å². The first-order valence-corrected chi connectivity index (χ1v) is 11.0. The maximum atomic E-state index is 11.9. The lowest BCUT2D eigenvalue weighted by Gasteiger charge is -2.47. The molecule has 12 atom stereocenters. The summed E-state index contributed by atoms with van der Waals surface area (Å²) in [5, 5.41) is 65.1. The SMILES string of the molecule is CC(=O)N[C@H]1[C@H](O[C@@H](C=O)[C@H](CO)NC(C)=O)O[C@H](CO)[C@@H](O)[C@@H]1O[C@@H]1O[C@@H](C)[C@@H](O)[C@@H](O)[C@@H]1O. The lowest BCUT2D eigenvalue weighted by Crippen LogP contribution is -2.68. The second-order valence-corrected chi connectivity index (χ2v) is 8.45. The Morgan fingerprint density at radius 3 is 2.14 bits per heavy atom. The van der Waals surface area contributed by atoms with E-state index in [0.29, 0.717) is 0 Å². The molecular weight excluding hydrogens is 476 g/mol. The number of amides is 2. The maximum absolute atomic E-state index is 11.9. The molecule has 15 heteroatoms. The minimum atomic E-state index is -1.75. The Balaban J connectivity index is 2.35. The van der Waals surface area contributed by atoms with Crippen LogP contribution in [0.4, 0.5) is 0 Å². The van der Waals surface area contributed by atoms with Crippen molar-refractivity contribution in [2.24, 2.45) is 0 Å². The first kappa shape index (κ1) is 29.4. The van der Waals surface area contributed by atoms with E-state index in [4.69, 9.17) is 18.9 Å². The molecule has 2 amide bonds. The average Bonchev–Trinajstić information content (AvgIpc) is 2.80. The highest BCUT2D eigenvalue weighted by Crippen LogP contribution is 2.30. The van der Waals surface area contributed by atoms with Crippen molar-refractivity contribution in [1.29, 1.82) is 0 Å². The number of hydrogen-bond acceptors (Lipinski definition) is 13. The van der Waals surface area contributed by atoms with Gasteiger partial charge in [0.15, 0.2) is 18.9 Å². The van der Waals surface area contributed by atoms with Crippen molar-refractivity contribution in [3.63, 3.8) is 0 Å². The fraction of sp³-hybridized carbons (Fsp3) is 0.850. The molecule has 0 radical (unpaired) electrons. The molecule has 0 bridgehead atoms. The molecule has 2 aliphatic rings. The van der Waals surface area contributed by atoms with Gasteiger partial charge in [0.2, 0.25) is 11.8 Å². The van der Waals surface area contributed by atoms with E-state index in [1.54, 1.807) is 0 Å².